The van der Waals surface area contributed by atoms with Crippen LogP contribution in [0.4, 0.5) is 20.3 Å². The lowest BCUT2D eigenvalue weighted by Gasteiger charge is -2.10. The summed E-state index contributed by atoms with van der Waals surface area (Å²) in [4.78, 5) is 21.9. The van der Waals surface area contributed by atoms with Gasteiger partial charge in [-0.15, -0.1) is 0 Å². The van der Waals surface area contributed by atoms with Crippen LogP contribution in [0.15, 0.2) is 60.9 Å². The second-order valence-corrected chi connectivity index (χ2v) is 7.21. The summed E-state index contributed by atoms with van der Waals surface area (Å²) < 4.78 is 34.2. The number of pyridine rings is 1. The van der Waals surface area contributed by atoms with Crippen molar-refractivity contribution in [2.45, 2.75) is 6.92 Å². The molecule has 0 atom stereocenters. The van der Waals surface area contributed by atoms with E-state index in [-0.39, 0.29) is 11.5 Å². The van der Waals surface area contributed by atoms with Crippen molar-refractivity contribution in [1.82, 2.24) is 14.5 Å². The number of methoxy groups -OCH3 is 1. The number of nitrogens with zero attached hydrogens (tertiary/aromatic N) is 3. The van der Waals surface area contributed by atoms with Crippen LogP contribution in [0.2, 0.25) is 0 Å². The fourth-order valence-corrected chi connectivity index (χ4v) is 3.23. The molecule has 0 aliphatic heterocycles. The van der Waals surface area contributed by atoms with E-state index in [9.17, 15) is 13.6 Å². The minimum atomic E-state index is -0.738. The third kappa shape index (κ3) is 4.20. The predicted molar refractivity (Wildman–Crippen MR) is 117 cm³/mol. The number of halogens is 2. The Labute approximate surface area is 183 Å². The Balaban J connectivity index is 1.61. The molecule has 0 fully saturated rings. The van der Waals surface area contributed by atoms with E-state index in [1.165, 1.54) is 19.4 Å². The van der Waals surface area contributed by atoms with Crippen LogP contribution < -0.4 is 10.1 Å². The molecule has 0 saturated carbocycles. The van der Waals surface area contributed by atoms with Crippen molar-refractivity contribution in [2.75, 3.05) is 12.4 Å². The summed E-state index contributed by atoms with van der Waals surface area (Å²) in [7, 11) is 3.40. The number of carbonyl (C=O) groups excluding carboxylic acids is 1. The molecule has 6 nitrogen and oxygen atoms in total. The largest absolute Gasteiger partial charge is 0.496 e. The summed E-state index contributed by atoms with van der Waals surface area (Å²) in [6, 6.07) is 11.6. The molecule has 0 aliphatic carbocycles. The minimum absolute atomic E-state index is 0.0815. The number of rotatable bonds is 6. The van der Waals surface area contributed by atoms with Gasteiger partial charge in [-0.3, -0.25) is 4.79 Å². The molecule has 2 heterocycles. The van der Waals surface area contributed by atoms with E-state index in [1.54, 1.807) is 24.3 Å². The third-order valence-electron chi connectivity index (χ3n) is 5.07. The topological polar surface area (TPSA) is 69.0 Å². The first kappa shape index (κ1) is 21.2. The van der Waals surface area contributed by atoms with Crippen molar-refractivity contribution < 1.29 is 18.3 Å². The number of aromatic nitrogens is 3. The Bertz CT molecular complexity index is 1280. The number of ether oxygens (including phenoxy) is 1. The van der Waals surface area contributed by atoms with Gasteiger partial charge in [0, 0.05) is 36.6 Å². The number of imidazole rings is 1. The molecule has 0 amide bonds. The fraction of sp³-hybridized carbons (Fsp3) is 0.125. The molecule has 4 aromatic rings. The van der Waals surface area contributed by atoms with Gasteiger partial charge in [-0.05, 0) is 49.4 Å². The summed E-state index contributed by atoms with van der Waals surface area (Å²) in [6.45, 7) is 1.90. The Morgan fingerprint density at radius 3 is 2.53 bits per heavy atom. The molecule has 1 N–H and O–H groups in total. The molecular weight excluding hydrogens is 414 g/mol. The highest BCUT2D eigenvalue weighted by molar-refractivity contribution is 6.11. The summed E-state index contributed by atoms with van der Waals surface area (Å²) in [6.07, 6.45) is 3.28. The van der Waals surface area contributed by atoms with Gasteiger partial charge in [0.25, 0.3) is 0 Å². The zero-order valence-corrected chi connectivity index (χ0v) is 17.7. The van der Waals surface area contributed by atoms with Crippen LogP contribution in [0.1, 0.15) is 21.7 Å². The van der Waals surface area contributed by atoms with E-state index in [2.05, 4.69) is 15.3 Å². The maximum absolute atomic E-state index is 13.8. The lowest BCUT2D eigenvalue weighted by Crippen LogP contribution is -2.06. The van der Waals surface area contributed by atoms with Crippen LogP contribution in [0.3, 0.4) is 0 Å². The molecule has 0 radical (unpaired) electrons. The predicted octanol–water partition coefficient (Wildman–Crippen LogP) is 5.05. The molecule has 4 rings (SSSR count). The van der Waals surface area contributed by atoms with Gasteiger partial charge in [0.2, 0.25) is 0 Å². The third-order valence-corrected chi connectivity index (χ3v) is 5.07. The van der Waals surface area contributed by atoms with Gasteiger partial charge >= 0.3 is 0 Å². The van der Waals surface area contributed by atoms with Gasteiger partial charge in [0.1, 0.15) is 29.0 Å². The highest BCUT2D eigenvalue weighted by atomic mass is 19.1. The molecule has 0 bridgehead atoms. The van der Waals surface area contributed by atoms with Gasteiger partial charge in [-0.25, -0.2) is 18.7 Å². The molecule has 0 aliphatic rings. The quantitative estimate of drug-likeness (QED) is 0.430. The van der Waals surface area contributed by atoms with Crippen LogP contribution >= 0.6 is 0 Å². The summed E-state index contributed by atoms with van der Waals surface area (Å²) in [5.74, 6) is -0.0760. The molecule has 0 unspecified atom stereocenters. The highest BCUT2D eigenvalue weighted by Crippen LogP contribution is 2.28. The number of aryl methyl sites for hydroxylation is 2. The molecule has 2 aromatic carbocycles. The number of carbonyl (C=O) groups is 1. The van der Waals surface area contributed by atoms with Crippen molar-refractivity contribution in [1.29, 1.82) is 0 Å². The number of hydrogen-bond acceptors (Lipinski definition) is 5. The van der Waals surface area contributed by atoms with Gasteiger partial charge in [0.05, 0.1) is 24.1 Å². The average Bonchev–Trinajstić information content (AvgIpc) is 3.13. The lowest BCUT2D eigenvalue weighted by molar-refractivity contribution is 0.103. The normalized spacial score (nSPS) is 10.8. The van der Waals surface area contributed by atoms with Gasteiger partial charge in [-0.1, -0.05) is 0 Å². The second kappa shape index (κ2) is 8.58. The molecule has 0 saturated heterocycles. The van der Waals surface area contributed by atoms with Crippen LogP contribution in [0.25, 0.3) is 11.3 Å². The monoisotopic (exact) mass is 434 g/mol. The van der Waals surface area contributed by atoms with E-state index in [1.807, 2.05) is 30.8 Å². The first-order valence-electron chi connectivity index (χ1n) is 9.77. The van der Waals surface area contributed by atoms with Crippen LogP contribution in [-0.2, 0) is 7.05 Å². The van der Waals surface area contributed by atoms with E-state index < -0.39 is 11.6 Å². The molecule has 32 heavy (non-hydrogen) atoms. The number of anilines is 2. The van der Waals surface area contributed by atoms with Crippen molar-refractivity contribution in [3.63, 3.8) is 0 Å². The van der Waals surface area contributed by atoms with Crippen LogP contribution in [0.5, 0.6) is 5.75 Å². The van der Waals surface area contributed by atoms with Crippen molar-refractivity contribution >= 4 is 17.3 Å². The van der Waals surface area contributed by atoms with Gasteiger partial charge in [0.15, 0.2) is 5.78 Å². The molecule has 2 aromatic heterocycles. The number of nitrogens with one attached hydrogen (secondary N) is 1. The minimum Gasteiger partial charge on any atom is -0.496 e. The second-order valence-electron chi connectivity index (χ2n) is 7.21. The Morgan fingerprint density at radius 2 is 1.91 bits per heavy atom. The maximum Gasteiger partial charge on any atom is 0.198 e. The Hall–Kier alpha value is -4.07. The average molecular weight is 434 g/mol. The zero-order valence-electron chi connectivity index (χ0n) is 17.7. The summed E-state index contributed by atoms with van der Waals surface area (Å²) in [5.41, 5.74) is 2.33. The Morgan fingerprint density at radius 1 is 1.09 bits per heavy atom. The van der Waals surface area contributed by atoms with Crippen molar-refractivity contribution in [3.8, 4) is 17.0 Å². The van der Waals surface area contributed by atoms with E-state index in [4.69, 9.17) is 4.74 Å². The first-order valence-corrected chi connectivity index (χ1v) is 9.77. The molecule has 8 heteroatoms. The zero-order chi connectivity index (χ0) is 22.8. The standard InChI is InChI=1S/C24H20F2N4O2/c1-14-28-21(13-30(14)2)15-4-8-22(32-3)18(10-15)24(31)16-5-9-23(27-12-16)29-20-7-6-17(25)11-19(20)26/h4-13H,1-3H3,(H,27,29). The smallest absolute Gasteiger partial charge is 0.198 e. The molecule has 0 spiro atoms. The lowest BCUT2D eigenvalue weighted by atomic mass is 10.0. The molecular formula is C24H20F2N4O2. The van der Waals surface area contributed by atoms with E-state index in [0.29, 0.717) is 22.7 Å². The van der Waals surface area contributed by atoms with Gasteiger partial charge in [-0.2, -0.15) is 0 Å². The summed E-state index contributed by atoms with van der Waals surface area (Å²) in [5, 5.41) is 2.77. The molecule has 162 valence electrons. The van der Waals surface area contributed by atoms with Crippen molar-refractivity contribution in [3.05, 3.63) is 89.5 Å². The Kier molecular flexibility index (Phi) is 5.68. The first-order chi connectivity index (χ1) is 15.4. The van der Waals surface area contributed by atoms with E-state index in [0.717, 1.165) is 29.2 Å². The SMILES string of the molecule is COc1ccc(-c2cn(C)c(C)n2)cc1C(=O)c1ccc(Nc2ccc(F)cc2F)nc1. The number of hydrogen-bond donors (Lipinski definition) is 1. The highest BCUT2D eigenvalue weighted by Gasteiger charge is 2.17. The number of benzene rings is 2. The maximum atomic E-state index is 13.8. The van der Waals surface area contributed by atoms with Crippen LogP contribution in [-0.4, -0.2) is 27.4 Å². The summed E-state index contributed by atoms with van der Waals surface area (Å²) >= 11 is 0. The van der Waals surface area contributed by atoms with Crippen molar-refractivity contribution in [2.24, 2.45) is 7.05 Å². The van der Waals surface area contributed by atoms with Gasteiger partial charge < -0.3 is 14.6 Å². The van der Waals surface area contributed by atoms with E-state index >= 15 is 0 Å². The fourth-order valence-electron chi connectivity index (χ4n) is 3.23. The van der Waals surface area contributed by atoms with Crippen LogP contribution in [0, 0.1) is 18.6 Å². The number of ketones is 1.